The number of ether oxygens (including phenoxy) is 2. The fourth-order valence-electron chi connectivity index (χ4n) is 0.842. The van der Waals surface area contributed by atoms with Gasteiger partial charge in [-0.2, -0.15) is 0 Å². The summed E-state index contributed by atoms with van der Waals surface area (Å²) in [5.41, 5.74) is 0. The van der Waals surface area contributed by atoms with Gasteiger partial charge >= 0.3 is 5.97 Å². The van der Waals surface area contributed by atoms with Crippen molar-refractivity contribution in [3.8, 4) is 0 Å². The van der Waals surface area contributed by atoms with Gasteiger partial charge in [-0.15, -0.1) is 0 Å². The van der Waals surface area contributed by atoms with Gasteiger partial charge in [0.15, 0.2) is 0 Å². The molecule has 1 heterocycles. The maximum Gasteiger partial charge on any atom is 0.333 e. The molecule has 0 aromatic carbocycles. The maximum absolute atomic E-state index is 10.7. The van der Waals surface area contributed by atoms with Gasteiger partial charge < -0.3 is 9.47 Å². The number of carbonyl (C=O) groups is 1. The zero-order valence-corrected chi connectivity index (χ0v) is 6.42. The highest BCUT2D eigenvalue weighted by Crippen LogP contribution is 2.24. The molecule has 1 saturated heterocycles. The van der Waals surface area contributed by atoms with Crippen LogP contribution in [0.1, 0.15) is 12.8 Å². The summed E-state index contributed by atoms with van der Waals surface area (Å²) in [4.78, 5) is 10.7. The van der Waals surface area contributed by atoms with Crippen molar-refractivity contribution in [2.45, 2.75) is 12.8 Å². The second-order valence-electron chi connectivity index (χ2n) is 2.27. The smallest absolute Gasteiger partial charge is 0.333 e. The number of allylic oxidation sites excluding steroid dienone is 2. The Labute approximate surface area is 65.3 Å². The molecule has 1 aliphatic heterocycles. The molecule has 11 heavy (non-hydrogen) atoms. The molecule has 1 aliphatic rings. The summed E-state index contributed by atoms with van der Waals surface area (Å²) in [5.74, 6) is 0.969. The number of hydrogen-bond acceptors (Lipinski definition) is 3. The molecular weight excluding hydrogens is 144 g/mol. The SMILES string of the molecule is C=C1CC/C(=C/C(=O)OC)O1. The fourth-order valence-corrected chi connectivity index (χ4v) is 0.842. The molecule has 0 aromatic heterocycles. The van der Waals surface area contributed by atoms with Gasteiger partial charge in [0, 0.05) is 12.8 Å². The second-order valence-corrected chi connectivity index (χ2v) is 2.27. The van der Waals surface area contributed by atoms with Crippen molar-refractivity contribution in [3.05, 3.63) is 24.2 Å². The Balaban J connectivity index is 2.54. The molecule has 60 valence electrons. The van der Waals surface area contributed by atoms with Crippen LogP contribution in [0.4, 0.5) is 0 Å². The Morgan fingerprint density at radius 3 is 2.91 bits per heavy atom. The third-order valence-electron chi connectivity index (χ3n) is 1.41. The van der Waals surface area contributed by atoms with E-state index in [1.54, 1.807) is 0 Å². The molecule has 0 spiro atoms. The minimum atomic E-state index is -0.380. The van der Waals surface area contributed by atoms with E-state index in [4.69, 9.17) is 4.74 Å². The molecule has 0 N–H and O–H groups in total. The molecule has 0 atom stereocenters. The van der Waals surface area contributed by atoms with Crippen molar-refractivity contribution in [1.29, 1.82) is 0 Å². The summed E-state index contributed by atoms with van der Waals surface area (Å²) in [5, 5.41) is 0. The van der Waals surface area contributed by atoms with Crippen LogP contribution in [0.25, 0.3) is 0 Å². The zero-order chi connectivity index (χ0) is 8.27. The molecule has 3 nitrogen and oxygen atoms in total. The predicted molar refractivity (Wildman–Crippen MR) is 39.6 cm³/mol. The van der Waals surface area contributed by atoms with E-state index in [-0.39, 0.29) is 5.97 Å². The minimum absolute atomic E-state index is 0.380. The molecule has 1 fully saturated rings. The van der Waals surface area contributed by atoms with Gasteiger partial charge in [-0.1, -0.05) is 6.58 Å². The monoisotopic (exact) mass is 154 g/mol. The number of hydrogen-bond donors (Lipinski definition) is 0. The van der Waals surface area contributed by atoms with E-state index < -0.39 is 0 Å². The molecule has 3 heteroatoms. The topological polar surface area (TPSA) is 35.5 Å². The van der Waals surface area contributed by atoms with Crippen LogP contribution in [-0.2, 0) is 14.3 Å². The third kappa shape index (κ3) is 2.11. The van der Waals surface area contributed by atoms with Crippen molar-refractivity contribution < 1.29 is 14.3 Å². The van der Waals surface area contributed by atoms with Crippen LogP contribution in [0.5, 0.6) is 0 Å². The molecule has 0 aromatic rings. The van der Waals surface area contributed by atoms with Crippen LogP contribution in [0.15, 0.2) is 24.2 Å². The first-order valence-electron chi connectivity index (χ1n) is 3.36. The molecule has 1 rings (SSSR count). The minimum Gasteiger partial charge on any atom is -0.466 e. The summed E-state index contributed by atoms with van der Waals surface area (Å²) in [6, 6.07) is 0. The molecule has 0 unspecified atom stereocenters. The Hall–Kier alpha value is -1.25. The van der Waals surface area contributed by atoms with E-state index in [1.807, 2.05) is 0 Å². The van der Waals surface area contributed by atoms with E-state index in [2.05, 4.69) is 11.3 Å². The van der Waals surface area contributed by atoms with Crippen molar-refractivity contribution in [2.24, 2.45) is 0 Å². The zero-order valence-electron chi connectivity index (χ0n) is 6.42. The van der Waals surface area contributed by atoms with Gasteiger partial charge in [0.2, 0.25) is 0 Å². The van der Waals surface area contributed by atoms with E-state index in [0.717, 1.165) is 12.8 Å². The van der Waals surface area contributed by atoms with Gasteiger partial charge in [-0.05, 0) is 0 Å². The Kier molecular flexibility index (Phi) is 2.31. The summed E-state index contributed by atoms with van der Waals surface area (Å²) < 4.78 is 9.52. The summed E-state index contributed by atoms with van der Waals surface area (Å²) >= 11 is 0. The molecule has 0 amide bonds. The number of rotatable bonds is 1. The first-order chi connectivity index (χ1) is 5.22. The van der Waals surface area contributed by atoms with Gasteiger partial charge in [0.05, 0.1) is 18.9 Å². The number of carbonyl (C=O) groups excluding carboxylic acids is 1. The first kappa shape index (κ1) is 7.85. The predicted octanol–water partition coefficient (Wildman–Crippen LogP) is 1.37. The Morgan fingerprint density at radius 1 is 1.73 bits per heavy atom. The quantitative estimate of drug-likeness (QED) is 0.422. The largest absolute Gasteiger partial charge is 0.466 e. The number of esters is 1. The van der Waals surface area contributed by atoms with Gasteiger partial charge in [-0.3, -0.25) is 0 Å². The van der Waals surface area contributed by atoms with Gasteiger partial charge in [0.25, 0.3) is 0 Å². The van der Waals surface area contributed by atoms with Crippen LogP contribution < -0.4 is 0 Å². The van der Waals surface area contributed by atoms with E-state index in [9.17, 15) is 4.79 Å². The maximum atomic E-state index is 10.7. The highest BCUT2D eigenvalue weighted by Gasteiger charge is 2.13. The van der Waals surface area contributed by atoms with Crippen LogP contribution >= 0.6 is 0 Å². The summed E-state index contributed by atoms with van der Waals surface area (Å²) in [6.07, 6.45) is 2.88. The normalized spacial score (nSPS) is 20.1. The van der Waals surface area contributed by atoms with E-state index >= 15 is 0 Å². The lowest BCUT2D eigenvalue weighted by atomic mass is 10.3. The third-order valence-corrected chi connectivity index (χ3v) is 1.41. The van der Waals surface area contributed by atoms with Crippen LogP contribution in [0, 0.1) is 0 Å². The fraction of sp³-hybridized carbons (Fsp3) is 0.375. The Morgan fingerprint density at radius 2 is 2.45 bits per heavy atom. The Bertz CT molecular complexity index is 215. The lowest BCUT2D eigenvalue weighted by molar-refractivity contribution is -0.135. The van der Waals surface area contributed by atoms with E-state index in [1.165, 1.54) is 13.2 Å². The molecule has 0 aliphatic carbocycles. The highest BCUT2D eigenvalue weighted by atomic mass is 16.5. The number of methoxy groups -OCH3 is 1. The molecular formula is C8H10O3. The van der Waals surface area contributed by atoms with Crippen molar-refractivity contribution >= 4 is 5.97 Å². The standard InChI is InChI=1S/C8H10O3/c1-6-3-4-7(11-6)5-8(9)10-2/h5H,1,3-4H2,2H3/b7-5-. The molecule has 0 radical (unpaired) electrons. The van der Waals surface area contributed by atoms with Crippen molar-refractivity contribution in [1.82, 2.24) is 0 Å². The lowest BCUT2D eigenvalue weighted by Gasteiger charge is -1.96. The lowest BCUT2D eigenvalue weighted by Crippen LogP contribution is -1.96. The van der Waals surface area contributed by atoms with Crippen molar-refractivity contribution in [2.75, 3.05) is 7.11 Å². The highest BCUT2D eigenvalue weighted by molar-refractivity contribution is 5.82. The first-order valence-corrected chi connectivity index (χ1v) is 3.36. The van der Waals surface area contributed by atoms with Gasteiger partial charge in [0.1, 0.15) is 5.76 Å². The second kappa shape index (κ2) is 3.23. The molecule has 0 saturated carbocycles. The summed E-state index contributed by atoms with van der Waals surface area (Å²) in [6.45, 7) is 3.62. The molecule has 0 bridgehead atoms. The van der Waals surface area contributed by atoms with E-state index in [0.29, 0.717) is 11.5 Å². The average Bonchev–Trinajstić information content (AvgIpc) is 2.35. The summed E-state index contributed by atoms with van der Waals surface area (Å²) in [7, 11) is 1.34. The van der Waals surface area contributed by atoms with Crippen LogP contribution in [0.2, 0.25) is 0 Å². The van der Waals surface area contributed by atoms with Crippen LogP contribution in [0.3, 0.4) is 0 Å². The van der Waals surface area contributed by atoms with Crippen molar-refractivity contribution in [3.63, 3.8) is 0 Å². The average molecular weight is 154 g/mol. The van der Waals surface area contributed by atoms with Crippen LogP contribution in [-0.4, -0.2) is 13.1 Å². The van der Waals surface area contributed by atoms with Gasteiger partial charge in [-0.25, -0.2) is 4.79 Å².